The summed E-state index contributed by atoms with van der Waals surface area (Å²) < 4.78 is 0. The van der Waals surface area contributed by atoms with Gasteiger partial charge in [0.2, 0.25) is 5.91 Å². The minimum Gasteiger partial charge on any atom is -0.383 e. The standard InChI is InChI=1S/C21H26N6O3/c1-2-22-21(24-12-11-23-16-7-9-17(10-8-16)27(29)30)25-14-15-13-20(28)26-19-6-4-3-5-18(15)19/h3-10,15,23H,2,11-14H2,1H3,(H,26,28)(H2,22,24,25). The summed E-state index contributed by atoms with van der Waals surface area (Å²) in [7, 11) is 0. The van der Waals surface area contributed by atoms with Gasteiger partial charge >= 0.3 is 0 Å². The molecule has 0 radical (unpaired) electrons. The van der Waals surface area contributed by atoms with Crippen LogP contribution in [0.1, 0.15) is 24.8 Å². The second-order valence-electron chi connectivity index (χ2n) is 6.91. The fraction of sp³-hybridized carbons (Fsp3) is 0.333. The molecule has 0 fully saturated rings. The number of guanidine groups is 1. The summed E-state index contributed by atoms with van der Waals surface area (Å²) in [6, 6.07) is 14.1. The lowest BCUT2D eigenvalue weighted by atomic mass is 9.91. The summed E-state index contributed by atoms with van der Waals surface area (Å²) >= 11 is 0. The Morgan fingerprint density at radius 1 is 1.17 bits per heavy atom. The number of nitro groups is 1. The third-order valence-corrected chi connectivity index (χ3v) is 4.75. The molecule has 1 atom stereocenters. The number of nitrogens with zero attached hydrogens (tertiary/aromatic N) is 2. The number of nitrogens with one attached hydrogen (secondary N) is 4. The van der Waals surface area contributed by atoms with Crippen molar-refractivity contribution in [2.45, 2.75) is 19.3 Å². The molecule has 1 aliphatic heterocycles. The number of fused-ring (bicyclic) bond motifs is 1. The molecule has 30 heavy (non-hydrogen) atoms. The number of hydrogen-bond donors (Lipinski definition) is 4. The van der Waals surface area contributed by atoms with Crippen LogP contribution in [-0.2, 0) is 4.79 Å². The number of hydrogen-bond acceptors (Lipinski definition) is 5. The van der Waals surface area contributed by atoms with Gasteiger partial charge in [-0.2, -0.15) is 0 Å². The molecule has 0 aliphatic carbocycles. The van der Waals surface area contributed by atoms with Crippen LogP contribution < -0.4 is 21.3 Å². The van der Waals surface area contributed by atoms with Crippen LogP contribution in [0.15, 0.2) is 53.5 Å². The number of aliphatic imine (C=N–C) groups is 1. The molecule has 2 aromatic carbocycles. The van der Waals surface area contributed by atoms with Crippen molar-refractivity contribution in [2.24, 2.45) is 4.99 Å². The minimum atomic E-state index is -0.418. The van der Waals surface area contributed by atoms with E-state index in [2.05, 4.69) is 26.3 Å². The van der Waals surface area contributed by atoms with Crippen molar-refractivity contribution < 1.29 is 9.72 Å². The van der Waals surface area contributed by atoms with Crippen LogP contribution in [-0.4, -0.2) is 43.0 Å². The Labute approximate surface area is 175 Å². The Bertz CT molecular complexity index is 913. The third-order valence-electron chi connectivity index (χ3n) is 4.75. The number of non-ortho nitro benzene ring substituents is 1. The summed E-state index contributed by atoms with van der Waals surface area (Å²) in [6.07, 6.45) is 0.418. The van der Waals surface area contributed by atoms with Gasteiger partial charge in [0.1, 0.15) is 0 Å². The number of benzene rings is 2. The minimum absolute atomic E-state index is 0.0131. The van der Waals surface area contributed by atoms with E-state index >= 15 is 0 Å². The van der Waals surface area contributed by atoms with Gasteiger partial charge in [0.25, 0.3) is 5.69 Å². The van der Waals surface area contributed by atoms with Crippen molar-refractivity contribution in [1.82, 2.24) is 10.6 Å². The summed E-state index contributed by atoms with van der Waals surface area (Å²) in [4.78, 5) is 26.9. The fourth-order valence-electron chi connectivity index (χ4n) is 3.30. The predicted molar refractivity (Wildman–Crippen MR) is 118 cm³/mol. The van der Waals surface area contributed by atoms with Crippen LogP contribution in [0.25, 0.3) is 0 Å². The number of carbonyl (C=O) groups excluding carboxylic acids is 1. The monoisotopic (exact) mass is 410 g/mol. The maximum atomic E-state index is 12.0. The Balaban J connectivity index is 1.52. The smallest absolute Gasteiger partial charge is 0.269 e. The molecule has 1 heterocycles. The molecule has 0 bridgehead atoms. The highest BCUT2D eigenvalue weighted by molar-refractivity contribution is 5.94. The molecule has 0 spiro atoms. The van der Waals surface area contributed by atoms with Gasteiger partial charge < -0.3 is 21.3 Å². The van der Waals surface area contributed by atoms with Crippen LogP contribution in [0.4, 0.5) is 17.1 Å². The molecular formula is C21H26N6O3. The van der Waals surface area contributed by atoms with E-state index in [1.54, 1.807) is 12.1 Å². The van der Waals surface area contributed by atoms with Crippen molar-refractivity contribution in [1.29, 1.82) is 0 Å². The molecule has 0 saturated carbocycles. The Morgan fingerprint density at radius 3 is 2.67 bits per heavy atom. The van der Waals surface area contributed by atoms with Crippen LogP contribution in [0.3, 0.4) is 0 Å². The van der Waals surface area contributed by atoms with E-state index in [4.69, 9.17) is 0 Å². The second-order valence-corrected chi connectivity index (χ2v) is 6.91. The van der Waals surface area contributed by atoms with E-state index in [9.17, 15) is 14.9 Å². The molecule has 158 valence electrons. The summed E-state index contributed by atoms with van der Waals surface area (Å²) in [5.74, 6) is 0.745. The number of anilines is 2. The van der Waals surface area contributed by atoms with Crippen molar-refractivity contribution in [3.63, 3.8) is 0 Å². The van der Waals surface area contributed by atoms with E-state index < -0.39 is 4.92 Å². The SMILES string of the molecule is CCNC(=NCC1CC(=O)Nc2ccccc21)NCCNc1ccc([N+](=O)[O-])cc1. The summed E-state index contributed by atoms with van der Waals surface area (Å²) in [5.41, 5.74) is 2.85. The molecule has 1 aliphatic rings. The predicted octanol–water partition coefficient (Wildman–Crippen LogP) is 2.69. The molecule has 9 nitrogen and oxygen atoms in total. The summed E-state index contributed by atoms with van der Waals surface area (Å²) in [5, 5.41) is 23.3. The lowest BCUT2D eigenvalue weighted by Gasteiger charge is -2.24. The lowest BCUT2D eigenvalue weighted by Crippen LogP contribution is -2.40. The molecule has 0 saturated heterocycles. The normalized spacial score (nSPS) is 15.7. The van der Waals surface area contributed by atoms with Crippen LogP contribution in [0, 0.1) is 10.1 Å². The topological polar surface area (TPSA) is 121 Å². The molecule has 1 unspecified atom stereocenters. The maximum absolute atomic E-state index is 12.0. The molecule has 4 N–H and O–H groups in total. The first-order chi connectivity index (χ1) is 14.6. The van der Waals surface area contributed by atoms with E-state index in [0.717, 1.165) is 23.5 Å². The molecule has 0 aromatic heterocycles. The first-order valence-electron chi connectivity index (χ1n) is 9.96. The quantitative estimate of drug-likeness (QED) is 0.175. The molecule has 1 amide bonds. The van der Waals surface area contributed by atoms with Gasteiger partial charge in [-0.1, -0.05) is 18.2 Å². The van der Waals surface area contributed by atoms with Gasteiger partial charge in [0, 0.05) is 55.5 Å². The highest BCUT2D eigenvalue weighted by Gasteiger charge is 2.24. The van der Waals surface area contributed by atoms with Gasteiger partial charge in [-0.05, 0) is 30.7 Å². The third kappa shape index (κ3) is 5.69. The Morgan fingerprint density at radius 2 is 1.93 bits per heavy atom. The fourth-order valence-corrected chi connectivity index (χ4v) is 3.30. The van der Waals surface area contributed by atoms with Crippen LogP contribution in [0.5, 0.6) is 0 Å². The molecule has 3 rings (SSSR count). The maximum Gasteiger partial charge on any atom is 0.269 e. The number of carbonyl (C=O) groups is 1. The second kappa shape index (κ2) is 10.2. The highest BCUT2D eigenvalue weighted by atomic mass is 16.6. The molecule has 2 aromatic rings. The Kier molecular flexibility index (Phi) is 7.20. The van der Waals surface area contributed by atoms with Gasteiger partial charge in [0.05, 0.1) is 11.5 Å². The van der Waals surface area contributed by atoms with Gasteiger partial charge in [0.15, 0.2) is 5.96 Å². The zero-order valence-electron chi connectivity index (χ0n) is 16.9. The van der Waals surface area contributed by atoms with Crippen molar-refractivity contribution in [2.75, 3.05) is 36.8 Å². The van der Waals surface area contributed by atoms with E-state index in [1.165, 1.54) is 12.1 Å². The highest BCUT2D eigenvalue weighted by Crippen LogP contribution is 2.31. The van der Waals surface area contributed by atoms with Gasteiger partial charge in [-0.25, -0.2) is 0 Å². The first-order valence-corrected chi connectivity index (χ1v) is 9.96. The summed E-state index contributed by atoms with van der Waals surface area (Å²) in [6.45, 7) is 4.47. The number of amides is 1. The average molecular weight is 410 g/mol. The van der Waals surface area contributed by atoms with Crippen LogP contribution in [0.2, 0.25) is 0 Å². The largest absolute Gasteiger partial charge is 0.383 e. The Hall–Kier alpha value is -3.62. The van der Waals surface area contributed by atoms with Crippen molar-refractivity contribution in [3.8, 4) is 0 Å². The van der Waals surface area contributed by atoms with Gasteiger partial charge in [-0.3, -0.25) is 19.9 Å². The van der Waals surface area contributed by atoms with Gasteiger partial charge in [-0.15, -0.1) is 0 Å². The van der Waals surface area contributed by atoms with E-state index in [1.807, 2.05) is 31.2 Å². The lowest BCUT2D eigenvalue weighted by molar-refractivity contribution is -0.384. The number of rotatable bonds is 8. The average Bonchev–Trinajstić information content (AvgIpc) is 2.75. The number of para-hydroxylation sites is 1. The zero-order valence-corrected chi connectivity index (χ0v) is 16.9. The first kappa shape index (κ1) is 21.1. The van der Waals surface area contributed by atoms with Crippen molar-refractivity contribution >= 4 is 28.9 Å². The number of nitro benzene ring substituents is 1. The van der Waals surface area contributed by atoms with Crippen molar-refractivity contribution in [3.05, 3.63) is 64.2 Å². The van der Waals surface area contributed by atoms with E-state index in [-0.39, 0.29) is 17.5 Å². The zero-order chi connectivity index (χ0) is 21.3. The molecule has 9 heteroatoms. The molecular weight excluding hydrogens is 384 g/mol. The van der Waals surface area contributed by atoms with E-state index in [0.29, 0.717) is 32.0 Å². The van der Waals surface area contributed by atoms with Crippen LogP contribution >= 0.6 is 0 Å².